The maximum absolute atomic E-state index is 9.55. The summed E-state index contributed by atoms with van der Waals surface area (Å²) in [5, 5.41) is 36.8. The lowest BCUT2D eigenvalue weighted by molar-refractivity contribution is 0.0207. The molecule has 0 aliphatic heterocycles. The van der Waals surface area contributed by atoms with Gasteiger partial charge in [0.05, 0.1) is 12.7 Å². The summed E-state index contributed by atoms with van der Waals surface area (Å²) in [6.45, 7) is 1.48. The number of rotatable bonds is 3. The average Bonchev–Trinajstić information content (AvgIpc) is 2.32. The van der Waals surface area contributed by atoms with Gasteiger partial charge in [0.1, 0.15) is 6.10 Å². The third-order valence-electron chi connectivity index (χ3n) is 2.74. The van der Waals surface area contributed by atoms with Crippen molar-refractivity contribution in [2.24, 2.45) is 5.92 Å². The van der Waals surface area contributed by atoms with Crippen molar-refractivity contribution in [3.05, 3.63) is 11.1 Å². The molecule has 0 aromatic heterocycles. The van der Waals surface area contributed by atoms with Gasteiger partial charge in [0.15, 0.2) is 0 Å². The zero-order valence-corrected chi connectivity index (χ0v) is 7.64. The van der Waals surface area contributed by atoms with Crippen LogP contribution in [0.25, 0.3) is 0 Å². The highest BCUT2D eigenvalue weighted by atomic mass is 16.3. The van der Waals surface area contributed by atoms with Crippen molar-refractivity contribution >= 4 is 0 Å². The van der Waals surface area contributed by atoms with E-state index in [0.717, 1.165) is 0 Å². The average molecular weight is 188 g/mol. The molecule has 0 saturated heterocycles. The topological polar surface area (TPSA) is 80.9 Å². The summed E-state index contributed by atoms with van der Waals surface area (Å²) in [5.74, 6) is -0.301. The predicted octanol–water partition coefficient (Wildman–Crippen LogP) is -0.971. The molecule has 4 N–H and O–H groups in total. The SMILES string of the molecule is CC1=C(CO)C(CCO)C(O)C1O. The zero-order valence-electron chi connectivity index (χ0n) is 7.64. The van der Waals surface area contributed by atoms with Crippen LogP contribution in [0.15, 0.2) is 11.1 Å². The van der Waals surface area contributed by atoms with E-state index in [4.69, 9.17) is 10.2 Å². The quantitative estimate of drug-likeness (QED) is 0.429. The van der Waals surface area contributed by atoms with E-state index in [-0.39, 0.29) is 19.1 Å². The molecule has 13 heavy (non-hydrogen) atoms. The van der Waals surface area contributed by atoms with Crippen LogP contribution in [0.5, 0.6) is 0 Å². The summed E-state index contributed by atoms with van der Waals surface area (Å²) in [6.07, 6.45) is -1.39. The summed E-state index contributed by atoms with van der Waals surface area (Å²) in [7, 11) is 0. The Morgan fingerprint density at radius 1 is 1.23 bits per heavy atom. The third-order valence-corrected chi connectivity index (χ3v) is 2.74. The van der Waals surface area contributed by atoms with Crippen molar-refractivity contribution < 1.29 is 20.4 Å². The Hall–Kier alpha value is -0.420. The molecule has 1 rings (SSSR count). The summed E-state index contributed by atoms with van der Waals surface area (Å²) in [4.78, 5) is 0. The van der Waals surface area contributed by atoms with Crippen LogP contribution in [0.2, 0.25) is 0 Å². The molecule has 0 amide bonds. The smallest absolute Gasteiger partial charge is 0.102 e. The Labute approximate surface area is 77.1 Å². The molecular formula is C9H16O4. The third kappa shape index (κ3) is 1.76. The predicted molar refractivity (Wildman–Crippen MR) is 47.0 cm³/mol. The highest BCUT2D eigenvalue weighted by Crippen LogP contribution is 2.34. The van der Waals surface area contributed by atoms with E-state index >= 15 is 0 Å². The van der Waals surface area contributed by atoms with Crippen molar-refractivity contribution in [2.75, 3.05) is 13.2 Å². The Kier molecular flexibility index (Phi) is 3.44. The molecule has 4 nitrogen and oxygen atoms in total. The standard InChI is InChI=1S/C9H16O4/c1-5-7(4-11)6(2-3-10)9(13)8(5)12/h6,8-13H,2-4H2,1H3. The molecule has 0 aromatic carbocycles. The molecule has 0 radical (unpaired) electrons. The van der Waals surface area contributed by atoms with Gasteiger partial charge in [0.25, 0.3) is 0 Å². The Morgan fingerprint density at radius 2 is 1.85 bits per heavy atom. The van der Waals surface area contributed by atoms with Gasteiger partial charge in [0, 0.05) is 12.5 Å². The number of hydrogen-bond donors (Lipinski definition) is 4. The summed E-state index contributed by atoms with van der Waals surface area (Å²) in [5.41, 5.74) is 1.29. The molecule has 0 heterocycles. The molecule has 1 aliphatic carbocycles. The molecule has 3 unspecified atom stereocenters. The molecule has 0 saturated carbocycles. The van der Waals surface area contributed by atoms with Gasteiger partial charge in [0.2, 0.25) is 0 Å². The minimum Gasteiger partial charge on any atom is -0.396 e. The van der Waals surface area contributed by atoms with Crippen molar-refractivity contribution in [3.63, 3.8) is 0 Å². The molecule has 0 bridgehead atoms. The zero-order chi connectivity index (χ0) is 10.0. The lowest BCUT2D eigenvalue weighted by atomic mass is 9.96. The lowest BCUT2D eigenvalue weighted by Gasteiger charge is -2.17. The molecule has 1 aliphatic rings. The van der Waals surface area contributed by atoms with Crippen LogP contribution in [0.3, 0.4) is 0 Å². The van der Waals surface area contributed by atoms with Crippen LogP contribution in [-0.2, 0) is 0 Å². The first-order valence-electron chi connectivity index (χ1n) is 4.40. The molecule has 0 fully saturated rings. The maximum atomic E-state index is 9.55. The van der Waals surface area contributed by atoms with Crippen LogP contribution in [0.4, 0.5) is 0 Å². The largest absolute Gasteiger partial charge is 0.396 e. The minimum absolute atomic E-state index is 0.0504. The van der Waals surface area contributed by atoms with Gasteiger partial charge in [-0.3, -0.25) is 0 Å². The second kappa shape index (κ2) is 4.19. The first-order chi connectivity index (χ1) is 6.13. The fourth-order valence-corrected chi connectivity index (χ4v) is 1.89. The minimum atomic E-state index is -0.890. The normalized spacial score (nSPS) is 34.4. The Bertz CT molecular complexity index is 212. The van der Waals surface area contributed by atoms with E-state index in [0.29, 0.717) is 17.6 Å². The number of aliphatic hydroxyl groups is 4. The fraction of sp³-hybridized carbons (Fsp3) is 0.778. The van der Waals surface area contributed by atoms with Crippen LogP contribution in [0.1, 0.15) is 13.3 Å². The van der Waals surface area contributed by atoms with E-state index in [1.807, 2.05) is 0 Å². The Morgan fingerprint density at radius 3 is 2.31 bits per heavy atom. The van der Waals surface area contributed by atoms with Gasteiger partial charge in [-0.2, -0.15) is 0 Å². The molecular weight excluding hydrogens is 172 g/mol. The van der Waals surface area contributed by atoms with E-state index in [1.165, 1.54) is 0 Å². The van der Waals surface area contributed by atoms with Crippen molar-refractivity contribution in [2.45, 2.75) is 25.6 Å². The van der Waals surface area contributed by atoms with E-state index in [2.05, 4.69) is 0 Å². The van der Waals surface area contributed by atoms with Gasteiger partial charge in [-0.15, -0.1) is 0 Å². The van der Waals surface area contributed by atoms with Gasteiger partial charge in [-0.1, -0.05) is 0 Å². The first kappa shape index (κ1) is 10.7. The summed E-state index contributed by atoms with van der Waals surface area (Å²) in [6, 6.07) is 0. The lowest BCUT2D eigenvalue weighted by Crippen LogP contribution is -2.28. The molecule has 3 atom stereocenters. The van der Waals surface area contributed by atoms with Crippen molar-refractivity contribution in [1.29, 1.82) is 0 Å². The molecule has 0 spiro atoms. The fourth-order valence-electron chi connectivity index (χ4n) is 1.89. The second-order valence-corrected chi connectivity index (χ2v) is 3.42. The van der Waals surface area contributed by atoms with Crippen LogP contribution >= 0.6 is 0 Å². The van der Waals surface area contributed by atoms with E-state index < -0.39 is 12.2 Å². The first-order valence-corrected chi connectivity index (χ1v) is 4.40. The second-order valence-electron chi connectivity index (χ2n) is 3.42. The highest BCUT2D eigenvalue weighted by Gasteiger charge is 2.37. The van der Waals surface area contributed by atoms with Gasteiger partial charge in [-0.05, 0) is 24.5 Å². The summed E-state index contributed by atoms with van der Waals surface area (Å²) >= 11 is 0. The van der Waals surface area contributed by atoms with Gasteiger partial charge < -0.3 is 20.4 Å². The van der Waals surface area contributed by atoms with Crippen LogP contribution in [-0.4, -0.2) is 45.8 Å². The number of aliphatic hydroxyl groups excluding tert-OH is 4. The molecule has 4 heteroatoms. The van der Waals surface area contributed by atoms with Crippen molar-refractivity contribution in [3.8, 4) is 0 Å². The van der Waals surface area contributed by atoms with Crippen LogP contribution in [0, 0.1) is 5.92 Å². The molecule has 76 valence electrons. The summed E-state index contributed by atoms with van der Waals surface area (Å²) < 4.78 is 0. The van der Waals surface area contributed by atoms with E-state index in [9.17, 15) is 10.2 Å². The monoisotopic (exact) mass is 188 g/mol. The highest BCUT2D eigenvalue weighted by molar-refractivity contribution is 5.28. The number of hydrogen-bond acceptors (Lipinski definition) is 4. The van der Waals surface area contributed by atoms with Crippen LogP contribution < -0.4 is 0 Å². The van der Waals surface area contributed by atoms with E-state index in [1.54, 1.807) is 6.92 Å². The van der Waals surface area contributed by atoms with Crippen molar-refractivity contribution in [1.82, 2.24) is 0 Å². The maximum Gasteiger partial charge on any atom is 0.102 e. The van der Waals surface area contributed by atoms with Gasteiger partial charge in [-0.25, -0.2) is 0 Å². The Balaban J connectivity index is 2.83. The van der Waals surface area contributed by atoms with Gasteiger partial charge >= 0.3 is 0 Å². The molecule has 0 aromatic rings.